The lowest BCUT2D eigenvalue weighted by atomic mass is 10.1. The summed E-state index contributed by atoms with van der Waals surface area (Å²) in [6.45, 7) is 4.57. The molecule has 0 atom stereocenters. The molecule has 5 heteroatoms. The summed E-state index contributed by atoms with van der Waals surface area (Å²) in [5, 5.41) is 8.63. The first-order valence-electron chi connectivity index (χ1n) is 8.37. The van der Waals surface area contributed by atoms with Crippen LogP contribution >= 0.6 is 0 Å². The van der Waals surface area contributed by atoms with Gasteiger partial charge in [0.1, 0.15) is 0 Å². The zero-order chi connectivity index (χ0) is 16.4. The van der Waals surface area contributed by atoms with Gasteiger partial charge in [0, 0.05) is 18.0 Å². The van der Waals surface area contributed by atoms with Crippen molar-refractivity contribution in [1.82, 2.24) is 15.1 Å². The summed E-state index contributed by atoms with van der Waals surface area (Å²) in [7, 11) is 0. The molecule has 23 heavy (non-hydrogen) atoms. The Morgan fingerprint density at radius 2 is 1.91 bits per heavy atom. The number of carbonyl (C=O) groups excluding carboxylic acids is 1. The lowest BCUT2D eigenvalue weighted by Gasteiger charge is -2.15. The van der Waals surface area contributed by atoms with E-state index >= 15 is 0 Å². The number of aromatic nitrogens is 2. The molecule has 1 aromatic heterocycles. The molecule has 1 aliphatic rings. The number of fused-ring (bicyclic) bond motifs is 1. The maximum absolute atomic E-state index is 12.7. The second-order valence-corrected chi connectivity index (χ2v) is 6.73. The SMILES string of the molecule is CC(C)Cn1nc(C(=O)NC2CCCC2)c2ccccc2c1=O. The Hall–Kier alpha value is -2.17. The van der Waals surface area contributed by atoms with Crippen molar-refractivity contribution < 1.29 is 4.79 Å². The summed E-state index contributed by atoms with van der Waals surface area (Å²) in [5.74, 6) is 0.109. The molecule has 0 unspecified atom stereocenters. The quantitative estimate of drug-likeness (QED) is 0.944. The van der Waals surface area contributed by atoms with Crippen molar-refractivity contribution in [2.45, 2.75) is 52.1 Å². The Labute approximate surface area is 135 Å². The Morgan fingerprint density at radius 1 is 1.26 bits per heavy atom. The van der Waals surface area contributed by atoms with Gasteiger partial charge in [-0.2, -0.15) is 5.10 Å². The van der Waals surface area contributed by atoms with Crippen LogP contribution in [0.5, 0.6) is 0 Å². The fourth-order valence-electron chi connectivity index (χ4n) is 3.20. The van der Waals surface area contributed by atoms with E-state index in [1.165, 1.54) is 4.68 Å². The van der Waals surface area contributed by atoms with E-state index in [-0.39, 0.29) is 23.4 Å². The first-order chi connectivity index (χ1) is 11.1. The number of amides is 1. The fraction of sp³-hybridized carbons (Fsp3) is 0.500. The zero-order valence-corrected chi connectivity index (χ0v) is 13.7. The Bertz CT molecular complexity index is 773. The highest BCUT2D eigenvalue weighted by Gasteiger charge is 2.22. The van der Waals surface area contributed by atoms with Crippen molar-refractivity contribution in [2.24, 2.45) is 5.92 Å². The summed E-state index contributed by atoms with van der Waals surface area (Å²) >= 11 is 0. The minimum atomic E-state index is -0.175. The molecule has 5 nitrogen and oxygen atoms in total. The normalized spacial score (nSPS) is 15.4. The maximum atomic E-state index is 12.7. The molecule has 1 aliphatic carbocycles. The molecule has 1 N–H and O–H groups in total. The van der Waals surface area contributed by atoms with Crippen LogP contribution in [0.1, 0.15) is 50.0 Å². The summed E-state index contributed by atoms with van der Waals surface area (Å²) in [4.78, 5) is 25.2. The average Bonchev–Trinajstić information content (AvgIpc) is 3.02. The van der Waals surface area contributed by atoms with Gasteiger partial charge in [-0.05, 0) is 24.8 Å². The molecule has 1 aromatic carbocycles. The molecule has 0 saturated heterocycles. The van der Waals surface area contributed by atoms with Crippen molar-refractivity contribution in [1.29, 1.82) is 0 Å². The van der Waals surface area contributed by atoms with Crippen LogP contribution in [0.4, 0.5) is 0 Å². The maximum Gasteiger partial charge on any atom is 0.274 e. The molecule has 0 radical (unpaired) electrons. The van der Waals surface area contributed by atoms with E-state index in [1.54, 1.807) is 12.1 Å². The Balaban J connectivity index is 2.05. The number of benzene rings is 1. The molecule has 1 fully saturated rings. The number of rotatable bonds is 4. The second kappa shape index (κ2) is 6.52. The van der Waals surface area contributed by atoms with E-state index in [0.717, 1.165) is 25.7 Å². The van der Waals surface area contributed by atoms with E-state index in [9.17, 15) is 9.59 Å². The smallest absolute Gasteiger partial charge is 0.274 e. The van der Waals surface area contributed by atoms with Gasteiger partial charge in [0.2, 0.25) is 0 Å². The molecule has 1 heterocycles. The second-order valence-electron chi connectivity index (χ2n) is 6.73. The molecular formula is C18H23N3O2. The molecule has 1 amide bonds. The first-order valence-corrected chi connectivity index (χ1v) is 8.37. The summed E-state index contributed by atoms with van der Waals surface area (Å²) in [5.41, 5.74) is 0.222. The van der Waals surface area contributed by atoms with Crippen LogP contribution in [0, 0.1) is 5.92 Å². The van der Waals surface area contributed by atoms with Crippen LogP contribution in [0.25, 0.3) is 10.8 Å². The van der Waals surface area contributed by atoms with E-state index in [2.05, 4.69) is 10.4 Å². The van der Waals surface area contributed by atoms with Crippen molar-refractivity contribution in [3.8, 4) is 0 Å². The van der Waals surface area contributed by atoms with Crippen LogP contribution in [0.2, 0.25) is 0 Å². The van der Waals surface area contributed by atoms with Gasteiger partial charge in [-0.3, -0.25) is 9.59 Å². The van der Waals surface area contributed by atoms with Crippen LogP contribution in [-0.2, 0) is 6.54 Å². The van der Waals surface area contributed by atoms with E-state index in [4.69, 9.17) is 0 Å². The van der Waals surface area contributed by atoms with Crippen LogP contribution in [0.3, 0.4) is 0 Å². The van der Waals surface area contributed by atoms with Gasteiger partial charge in [-0.25, -0.2) is 4.68 Å². The van der Waals surface area contributed by atoms with Gasteiger partial charge in [0.25, 0.3) is 11.5 Å². The van der Waals surface area contributed by atoms with Crippen molar-refractivity contribution >= 4 is 16.7 Å². The summed E-state index contributed by atoms with van der Waals surface area (Å²) < 4.78 is 1.43. The van der Waals surface area contributed by atoms with E-state index in [1.807, 2.05) is 26.0 Å². The van der Waals surface area contributed by atoms with Gasteiger partial charge in [-0.1, -0.05) is 44.9 Å². The van der Waals surface area contributed by atoms with Gasteiger partial charge >= 0.3 is 0 Å². The van der Waals surface area contributed by atoms with Crippen molar-refractivity contribution in [2.75, 3.05) is 0 Å². The Morgan fingerprint density at radius 3 is 2.57 bits per heavy atom. The van der Waals surface area contributed by atoms with Gasteiger partial charge < -0.3 is 5.32 Å². The molecule has 122 valence electrons. The first kappa shape index (κ1) is 15.7. The monoisotopic (exact) mass is 313 g/mol. The van der Waals surface area contributed by atoms with Crippen molar-refractivity contribution in [3.63, 3.8) is 0 Å². The van der Waals surface area contributed by atoms with Crippen molar-refractivity contribution in [3.05, 3.63) is 40.3 Å². The largest absolute Gasteiger partial charge is 0.348 e. The van der Waals surface area contributed by atoms with Gasteiger partial charge in [0.05, 0.1) is 5.39 Å². The number of nitrogens with one attached hydrogen (secondary N) is 1. The van der Waals surface area contributed by atoms with E-state index in [0.29, 0.717) is 23.0 Å². The molecule has 3 rings (SSSR count). The number of hydrogen-bond acceptors (Lipinski definition) is 3. The topological polar surface area (TPSA) is 64.0 Å². The molecule has 0 aliphatic heterocycles. The number of carbonyl (C=O) groups is 1. The van der Waals surface area contributed by atoms with E-state index < -0.39 is 0 Å². The third-order valence-electron chi connectivity index (χ3n) is 4.31. The summed E-state index contributed by atoms with van der Waals surface area (Å²) in [6.07, 6.45) is 4.36. The minimum absolute atomic E-state index is 0.133. The number of hydrogen-bond donors (Lipinski definition) is 1. The minimum Gasteiger partial charge on any atom is -0.348 e. The predicted molar refractivity (Wildman–Crippen MR) is 90.6 cm³/mol. The van der Waals surface area contributed by atoms with Gasteiger partial charge in [0.15, 0.2) is 5.69 Å². The highest BCUT2D eigenvalue weighted by molar-refractivity contribution is 6.04. The lowest BCUT2D eigenvalue weighted by Crippen LogP contribution is -2.36. The lowest BCUT2D eigenvalue weighted by molar-refractivity contribution is 0.0932. The van der Waals surface area contributed by atoms with Crippen LogP contribution < -0.4 is 10.9 Å². The highest BCUT2D eigenvalue weighted by atomic mass is 16.2. The fourth-order valence-corrected chi connectivity index (χ4v) is 3.20. The van der Waals surface area contributed by atoms with Crippen LogP contribution in [0.15, 0.2) is 29.1 Å². The molecule has 1 saturated carbocycles. The molecular weight excluding hydrogens is 290 g/mol. The molecule has 0 bridgehead atoms. The Kier molecular flexibility index (Phi) is 4.46. The molecule has 2 aromatic rings. The van der Waals surface area contributed by atoms with Crippen LogP contribution in [-0.4, -0.2) is 21.7 Å². The number of nitrogens with zero attached hydrogens (tertiary/aromatic N) is 2. The third-order valence-corrected chi connectivity index (χ3v) is 4.31. The zero-order valence-electron chi connectivity index (χ0n) is 13.7. The molecule has 0 spiro atoms. The standard InChI is InChI=1S/C18H23N3O2/c1-12(2)11-21-18(23)15-10-6-5-9-14(15)16(20-21)17(22)19-13-7-3-4-8-13/h5-6,9-10,12-13H,3-4,7-8,11H2,1-2H3,(H,19,22). The highest BCUT2D eigenvalue weighted by Crippen LogP contribution is 2.19. The predicted octanol–water partition coefficient (Wildman–Crippen LogP) is 2.72. The third kappa shape index (κ3) is 3.28. The average molecular weight is 313 g/mol. The summed E-state index contributed by atoms with van der Waals surface area (Å²) in [6, 6.07) is 7.45. The van der Waals surface area contributed by atoms with Gasteiger partial charge in [-0.15, -0.1) is 0 Å².